The molecule has 0 saturated heterocycles. The molecule has 0 bridgehead atoms. The molecule has 0 aliphatic heterocycles. The maximum Gasteiger partial charge on any atom is 0.148 e. The summed E-state index contributed by atoms with van der Waals surface area (Å²) in [4.78, 5) is 0. The molecule has 0 aliphatic rings. The van der Waals surface area contributed by atoms with Gasteiger partial charge < -0.3 is 0 Å². The zero-order chi connectivity index (χ0) is 9.10. The molecule has 0 radical (unpaired) electrons. The summed E-state index contributed by atoms with van der Waals surface area (Å²) >= 11 is 0. The fourth-order valence-corrected chi connectivity index (χ4v) is 1.15. The van der Waals surface area contributed by atoms with Gasteiger partial charge in [-0.05, 0) is 22.9 Å². The number of nitrogens with zero attached hydrogens (tertiary/aromatic N) is 4. The van der Waals surface area contributed by atoms with Crippen molar-refractivity contribution in [2.45, 2.75) is 13.5 Å². The van der Waals surface area contributed by atoms with Crippen LogP contribution in [-0.4, -0.2) is 20.2 Å². The standard InChI is InChI=1S/C9H10N4/c1-8-10-11-12-13(8)7-9-5-3-2-4-6-9/h2-6H,7H2,1H3. The molecule has 2 aromatic rings. The van der Waals surface area contributed by atoms with E-state index in [2.05, 4.69) is 27.7 Å². The van der Waals surface area contributed by atoms with Gasteiger partial charge in [-0.3, -0.25) is 0 Å². The largest absolute Gasteiger partial charge is 0.225 e. The predicted molar refractivity (Wildman–Crippen MR) is 48.1 cm³/mol. The normalized spacial score (nSPS) is 10.2. The second-order valence-corrected chi connectivity index (χ2v) is 2.87. The van der Waals surface area contributed by atoms with E-state index in [1.54, 1.807) is 4.68 Å². The Morgan fingerprint density at radius 3 is 2.62 bits per heavy atom. The Labute approximate surface area is 76.2 Å². The van der Waals surface area contributed by atoms with Crippen molar-refractivity contribution in [3.05, 3.63) is 41.7 Å². The Balaban J connectivity index is 2.20. The highest BCUT2D eigenvalue weighted by Crippen LogP contribution is 2.01. The Morgan fingerprint density at radius 2 is 2.00 bits per heavy atom. The van der Waals surface area contributed by atoms with Gasteiger partial charge in [-0.1, -0.05) is 30.3 Å². The lowest BCUT2D eigenvalue weighted by Gasteiger charge is -2.00. The van der Waals surface area contributed by atoms with Crippen molar-refractivity contribution in [3.8, 4) is 0 Å². The molecule has 0 aliphatic carbocycles. The maximum absolute atomic E-state index is 3.87. The quantitative estimate of drug-likeness (QED) is 0.683. The van der Waals surface area contributed by atoms with E-state index in [9.17, 15) is 0 Å². The van der Waals surface area contributed by atoms with Crippen LogP contribution in [0.4, 0.5) is 0 Å². The summed E-state index contributed by atoms with van der Waals surface area (Å²) in [6.45, 7) is 2.63. The number of tetrazole rings is 1. The Hall–Kier alpha value is -1.71. The van der Waals surface area contributed by atoms with Crippen molar-refractivity contribution in [2.24, 2.45) is 0 Å². The minimum Gasteiger partial charge on any atom is -0.225 e. The SMILES string of the molecule is Cc1nnnn1Cc1ccccc1. The molecule has 1 aromatic carbocycles. The maximum atomic E-state index is 3.87. The van der Waals surface area contributed by atoms with Crippen LogP contribution in [0.15, 0.2) is 30.3 Å². The zero-order valence-electron chi connectivity index (χ0n) is 7.38. The van der Waals surface area contributed by atoms with Crippen LogP contribution >= 0.6 is 0 Å². The predicted octanol–water partition coefficient (Wildman–Crippen LogP) is 1.03. The molecule has 1 heterocycles. The average Bonchev–Trinajstić information content (AvgIpc) is 2.54. The van der Waals surface area contributed by atoms with Gasteiger partial charge in [0.05, 0.1) is 6.54 Å². The van der Waals surface area contributed by atoms with Crippen LogP contribution in [0.25, 0.3) is 0 Å². The summed E-state index contributed by atoms with van der Waals surface area (Å²) in [5, 5.41) is 11.3. The first-order valence-electron chi connectivity index (χ1n) is 4.13. The molecule has 2 rings (SSSR count). The van der Waals surface area contributed by atoms with Crippen molar-refractivity contribution in [1.29, 1.82) is 0 Å². The van der Waals surface area contributed by atoms with E-state index in [1.807, 2.05) is 25.1 Å². The lowest BCUT2D eigenvalue weighted by atomic mass is 10.2. The van der Waals surface area contributed by atoms with Gasteiger partial charge in [0, 0.05) is 0 Å². The van der Waals surface area contributed by atoms with E-state index in [-0.39, 0.29) is 0 Å². The molecule has 0 N–H and O–H groups in total. The van der Waals surface area contributed by atoms with E-state index < -0.39 is 0 Å². The van der Waals surface area contributed by atoms with Gasteiger partial charge in [0.25, 0.3) is 0 Å². The second-order valence-electron chi connectivity index (χ2n) is 2.87. The van der Waals surface area contributed by atoms with E-state index in [1.165, 1.54) is 5.56 Å². The number of benzene rings is 1. The van der Waals surface area contributed by atoms with Crippen molar-refractivity contribution < 1.29 is 0 Å². The first-order valence-corrected chi connectivity index (χ1v) is 4.13. The van der Waals surface area contributed by atoms with E-state index in [4.69, 9.17) is 0 Å². The number of rotatable bonds is 2. The summed E-state index contributed by atoms with van der Waals surface area (Å²) < 4.78 is 1.77. The Kier molecular flexibility index (Phi) is 2.04. The minimum absolute atomic E-state index is 0.736. The molecule has 13 heavy (non-hydrogen) atoms. The molecule has 0 fully saturated rings. The first-order chi connectivity index (χ1) is 6.36. The van der Waals surface area contributed by atoms with Gasteiger partial charge >= 0.3 is 0 Å². The summed E-state index contributed by atoms with van der Waals surface area (Å²) in [7, 11) is 0. The molecular weight excluding hydrogens is 164 g/mol. The summed E-state index contributed by atoms with van der Waals surface area (Å²) in [6, 6.07) is 10.1. The molecular formula is C9H10N4. The highest BCUT2D eigenvalue weighted by molar-refractivity contribution is 5.14. The topological polar surface area (TPSA) is 43.6 Å². The van der Waals surface area contributed by atoms with Crippen molar-refractivity contribution in [3.63, 3.8) is 0 Å². The number of aryl methyl sites for hydroxylation is 1. The van der Waals surface area contributed by atoms with E-state index in [0.29, 0.717) is 0 Å². The van der Waals surface area contributed by atoms with E-state index >= 15 is 0 Å². The van der Waals surface area contributed by atoms with Crippen molar-refractivity contribution in [2.75, 3.05) is 0 Å². The molecule has 0 saturated carbocycles. The van der Waals surface area contributed by atoms with Crippen LogP contribution in [-0.2, 0) is 6.54 Å². The highest BCUT2D eigenvalue weighted by Gasteiger charge is 1.99. The van der Waals surface area contributed by atoms with Gasteiger partial charge in [-0.2, -0.15) is 0 Å². The van der Waals surface area contributed by atoms with Crippen LogP contribution in [0.2, 0.25) is 0 Å². The monoisotopic (exact) mass is 174 g/mol. The van der Waals surface area contributed by atoms with Crippen LogP contribution in [0, 0.1) is 6.92 Å². The van der Waals surface area contributed by atoms with Gasteiger partial charge in [0.1, 0.15) is 5.82 Å². The fourth-order valence-electron chi connectivity index (χ4n) is 1.15. The molecule has 0 atom stereocenters. The molecule has 1 aromatic heterocycles. The number of hydrogen-bond acceptors (Lipinski definition) is 3. The van der Waals surface area contributed by atoms with Gasteiger partial charge in [-0.25, -0.2) is 4.68 Å². The lowest BCUT2D eigenvalue weighted by Crippen LogP contribution is -2.03. The van der Waals surface area contributed by atoms with Crippen LogP contribution in [0.5, 0.6) is 0 Å². The molecule has 0 unspecified atom stereocenters. The molecule has 4 nitrogen and oxygen atoms in total. The van der Waals surface area contributed by atoms with Gasteiger partial charge in [0.2, 0.25) is 0 Å². The molecule has 66 valence electrons. The third-order valence-corrected chi connectivity index (χ3v) is 1.89. The molecule has 0 spiro atoms. The third kappa shape index (κ3) is 1.72. The zero-order valence-corrected chi connectivity index (χ0v) is 7.38. The average molecular weight is 174 g/mol. The third-order valence-electron chi connectivity index (χ3n) is 1.89. The first kappa shape index (κ1) is 7.91. The fraction of sp³-hybridized carbons (Fsp3) is 0.222. The lowest BCUT2D eigenvalue weighted by molar-refractivity contribution is 0.633. The Bertz CT molecular complexity index is 380. The Morgan fingerprint density at radius 1 is 1.23 bits per heavy atom. The number of hydrogen-bond donors (Lipinski definition) is 0. The van der Waals surface area contributed by atoms with Crippen LogP contribution in [0.1, 0.15) is 11.4 Å². The summed E-state index contributed by atoms with van der Waals surface area (Å²) in [5.74, 6) is 0.837. The van der Waals surface area contributed by atoms with Gasteiger partial charge in [-0.15, -0.1) is 5.10 Å². The van der Waals surface area contributed by atoms with Crippen LogP contribution in [0.3, 0.4) is 0 Å². The summed E-state index contributed by atoms with van der Waals surface area (Å²) in [6.07, 6.45) is 0. The second kappa shape index (κ2) is 3.35. The smallest absolute Gasteiger partial charge is 0.148 e. The summed E-state index contributed by atoms with van der Waals surface area (Å²) in [5.41, 5.74) is 1.21. The van der Waals surface area contributed by atoms with E-state index in [0.717, 1.165) is 12.4 Å². The molecule has 4 heteroatoms. The van der Waals surface area contributed by atoms with Crippen molar-refractivity contribution in [1.82, 2.24) is 20.2 Å². The molecule has 0 amide bonds. The number of aromatic nitrogens is 4. The minimum atomic E-state index is 0.736. The van der Waals surface area contributed by atoms with Gasteiger partial charge in [0.15, 0.2) is 0 Å². The van der Waals surface area contributed by atoms with Crippen LogP contribution < -0.4 is 0 Å². The van der Waals surface area contributed by atoms with Crippen molar-refractivity contribution >= 4 is 0 Å². The highest BCUT2D eigenvalue weighted by atomic mass is 15.5.